The summed E-state index contributed by atoms with van der Waals surface area (Å²) >= 11 is 1.68. The molecule has 0 aromatic carbocycles. The van der Waals surface area contributed by atoms with E-state index >= 15 is 0 Å². The van der Waals surface area contributed by atoms with Gasteiger partial charge in [-0.1, -0.05) is 16.9 Å². The first-order valence-corrected chi connectivity index (χ1v) is 7.08. The Labute approximate surface area is 109 Å². The van der Waals surface area contributed by atoms with Gasteiger partial charge >= 0.3 is 0 Å². The number of hydrogen-bond donors (Lipinski definition) is 2. The van der Waals surface area contributed by atoms with Crippen molar-refractivity contribution in [1.82, 2.24) is 20.2 Å². The standard InChI is InChI=1S/C10H16N6OS/c11-8(13-17)5-10(3-4-10)6-18-9-12-14-15-16(9)7-1-2-7/h7,17H,1-6H2,(H2,11,13). The fourth-order valence-corrected chi connectivity index (χ4v) is 3.25. The molecule has 0 amide bonds. The van der Waals surface area contributed by atoms with E-state index in [4.69, 9.17) is 10.9 Å². The highest BCUT2D eigenvalue weighted by molar-refractivity contribution is 7.99. The van der Waals surface area contributed by atoms with Crippen LogP contribution in [0.5, 0.6) is 0 Å². The van der Waals surface area contributed by atoms with Crippen LogP contribution >= 0.6 is 11.8 Å². The Morgan fingerprint density at radius 1 is 1.56 bits per heavy atom. The van der Waals surface area contributed by atoms with Crippen molar-refractivity contribution in [2.24, 2.45) is 16.3 Å². The van der Waals surface area contributed by atoms with Crippen LogP contribution in [-0.4, -0.2) is 37.0 Å². The minimum atomic E-state index is 0.182. The first kappa shape index (κ1) is 11.8. The Balaban J connectivity index is 1.59. The largest absolute Gasteiger partial charge is 0.409 e. The van der Waals surface area contributed by atoms with Crippen LogP contribution < -0.4 is 5.73 Å². The lowest BCUT2D eigenvalue weighted by Gasteiger charge is -2.12. The second kappa shape index (κ2) is 4.42. The molecule has 0 spiro atoms. The van der Waals surface area contributed by atoms with E-state index in [0.717, 1.165) is 23.8 Å². The molecular weight excluding hydrogens is 252 g/mol. The molecule has 8 heteroatoms. The Bertz CT molecular complexity index is 465. The highest BCUT2D eigenvalue weighted by Gasteiger charge is 2.43. The van der Waals surface area contributed by atoms with Crippen molar-refractivity contribution in [3.8, 4) is 0 Å². The second-order valence-corrected chi connectivity index (χ2v) is 6.14. The summed E-state index contributed by atoms with van der Waals surface area (Å²) in [4.78, 5) is 0. The first-order valence-electron chi connectivity index (χ1n) is 6.09. The maximum absolute atomic E-state index is 8.62. The van der Waals surface area contributed by atoms with Gasteiger partial charge in [0, 0.05) is 12.2 Å². The number of rotatable bonds is 6. The van der Waals surface area contributed by atoms with Gasteiger partial charge in [-0.15, -0.1) is 5.10 Å². The monoisotopic (exact) mass is 268 g/mol. The van der Waals surface area contributed by atoms with Gasteiger partial charge in [0.25, 0.3) is 0 Å². The smallest absolute Gasteiger partial charge is 0.209 e. The van der Waals surface area contributed by atoms with Crippen LogP contribution in [0.2, 0.25) is 0 Å². The zero-order chi connectivity index (χ0) is 12.6. The lowest BCUT2D eigenvalue weighted by Crippen LogP contribution is -2.19. The minimum Gasteiger partial charge on any atom is -0.409 e. The van der Waals surface area contributed by atoms with Crippen molar-refractivity contribution in [2.75, 3.05) is 5.75 Å². The third kappa shape index (κ3) is 2.43. The van der Waals surface area contributed by atoms with Crippen LogP contribution in [0.3, 0.4) is 0 Å². The predicted molar refractivity (Wildman–Crippen MR) is 66.5 cm³/mol. The molecule has 0 aliphatic heterocycles. The van der Waals surface area contributed by atoms with Gasteiger partial charge in [-0.05, 0) is 41.5 Å². The molecule has 0 bridgehead atoms. The Kier molecular flexibility index (Phi) is 2.89. The van der Waals surface area contributed by atoms with Crippen molar-refractivity contribution in [3.63, 3.8) is 0 Å². The van der Waals surface area contributed by atoms with Crippen LogP contribution in [0.4, 0.5) is 0 Å². The molecule has 1 heterocycles. The Hall–Kier alpha value is -1.31. The number of nitrogens with zero attached hydrogens (tertiary/aromatic N) is 5. The number of aromatic nitrogens is 4. The molecule has 0 atom stereocenters. The molecular formula is C10H16N6OS. The molecule has 0 radical (unpaired) electrons. The molecule has 3 rings (SSSR count). The van der Waals surface area contributed by atoms with Gasteiger partial charge < -0.3 is 10.9 Å². The molecule has 2 aliphatic carbocycles. The summed E-state index contributed by atoms with van der Waals surface area (Å²) in [6.45, 7) is 0. The Morgan fingerprint density at radius 3 is 2.94 bits per heavy atom. The van der Waals surface area contributed by atoms with Gasteiger partial charge in [-0.3, -0.25) is 0 Å². The lowest BCUT2D eigenvalue weighted by molar-refractivity contribution is 0.315. The van der Waals surface area contributed by atoms with Crippen molar-refractivity contribution in [1.29, 1.82) is 0 Å². The van der Waals surface area contributed by atoms with E-state index in [2.05, 4.69) is 20.7 Å². The molecule has 2 aliphatic rings. The quantitative estimate of drug-likeness (QED) is 0.262. The summed E-state index contributed by atoms with van der Waals surface area (Å²) in [5, 5.41) is 24.4. The molecule has 0 saturated heterocycles. The third-order valence-electron chi connectivity index (χ3n) is 3.50. The Morgan fingerprint density at radius 2 is 2.33 bits per heavy atom. The SMILES string of the molecule is NC(CC1(CSc2nnnn2C2CC2)CC1)=NO. The van der Waals surface area contributed by atoms with Crippen molar-refractivity contribution in [2.45, 2.75) is 43.3 Å². The molecule has 7 nitrogen and oxygen atoms in total. The third-order valence-corrected chi connectivity index (χ3v) is 4.79. The van der Waals surface area contributed by atoms with Crippen LogP contribution in [-0.2, 0) is 0 Å². The fourth-order valence-electron chi connectivity index (χ4n) is 2.01. The normalized spacial score (nSPS) is 22.1. The van der Waals surface area contributed by atoms with E-state index < -0.39 is 0 Å². The maximum Gasteiger partial charge on any atom is 0.209 e. The average molecular weight is 268 g/mol. The van der Waals surface area contributed by atoms with E-state index in [9.17, 15) is 0 Å². The van der Waals surface area contributed by atoms with Gasteiger partial charge in [0.1, 0.15) is 5.84 Å². The summed E-state index contributed by atoms with van der Waals surface area (Å²) in [5.41, 5.74) is 5.76. The molecule has 98 valence electrons. The summed E-state index contributed by atoms with van der Waals surface area (Å²) in [6, 6.07) is 0.502. The van der Waals surface area contributed by atoms with Crippen LogP contribution in [0.15, 0.2) is 10.3 Å². The maximum atomic E-state index is 8.62. The van der Waals surface area contributed by atoms with E-state index in [1.165, 1.54) is 12.8 Å². The minimum absolute atomic E-state index is 0.182. The number of thioether (sulfide) groups is 1. The number of hydrogen-bond acceptors (Lipinski definition) is 6. The van der Waals surface area contributed by atoms with Crippen molar-refractivity contribution < 1.29 is 5.21 Å². The average Bonchev–Trinajstić information content (AvgIpc) is 3.29. The molecule has 3 N–H and O–H groups in total. The van der Waals surface area contributed by atoms with E-state index in [1.54, 1.807) is 11.8 Å². The van der Waals surface area contributed by atoms with Gasteiger partial charge in [0.2, 0.25) is 5.16 Å². The molecule has 18 heavy (non-hydrogen) atoms. The zero-order valence-electron chi connectivity index (χ0n) is 9.99. The van der Waals surface area contributed by atoms with Gasteiger partial charge in [0.05, 0.1) is 6.04 Å². The molecule has 0 unspecified atom stereocenters. The molecule has 1 aromatic heterocycles. The molecule has 2 saturated carbocycles. The summed E-state index contributed by atoms with van der Waals surface area (Å²) in [5.74, 6) is 1.24. The van der Waals surface area contributed by atoms with Crippen molar-refractivity contribution >= 4 is 17.6 Å². The predicted octanol–water partition coefficient (Wildman–Crippen LogP) is 1.02. The first-order chi connectivity index (χ1) is 8.72. The fraction of sp³-hybridized carbons (Fsp3) is 0.800. The lowest BCUT2D eigenvalue weighted by atomic mass is 10.1. The molecule has 2 fully saturated rings. The number of oxime groups is 1. The van der Waals surface area contributed by atoms with Gasteiger partial charge in [-0.2, -0.15) is 0 Å². The van der Waals surface area contributed by atoms with Gasteiger partial charge in [-0.25, -0.2) is 4.68 Å². The summed E-state index contributed by atoms with van der Waals surface area (Å²) < 4.78 is 1.92. The highest BCUT2D eigenvalue weighted by atomic mass is 32.2. The molecule has 1 aromatic rings. The number of nitrogens with two attached hydrogens (primary N) is 1. The highest BCUT2D eigenvalue weighted by Crippen LogP contribution is 2.52. The van der Waals surface area contributed by atoms with Crippen molar-refractivity contribution in [3.05, 3.63) is 0 Å². The summed E-state index contributed by atoms with van der Waals surface area (Å²) in [7, 11) is 0. The zero-order valence-corrected chi connectivity index (χ0v) is 10.8. The van der Waals surface area contributed by atoms with E-state index in [0.29, 0.717) is 18.3 Å². The van der Waals surface area contributed by atoms with E-state index in [1.807, 2.05) is 4.68 Å². The van der Waals surface area contributed by atoms with Crippen LogP contribution in [0.25, 0.3) is 0 Å². The van der Waals surface area contributed by atoms with E-state index in [-0.39, 0.29) is 5.41 Å². The second-order valence-electron chi connectivity index (χ2n) is 5.19. The summed E-state index contributed by atoms with van der Waals surface area (Å²) in [6.07, 6.45) is 5.26. The number of tetrazole rings is 1. The topological polar surface area (TPSA) is 102 Å². The van der Waals surface area contributed by atoms with Crippen LogP contribution in [0.1, 0.15) is 38.1 Å². The van der Waals surface area contributed by atoms with Crippen LogP contribution in [0, 0.1) is 5.41 Å². The van der Waals surface area contributed by atoms with Gasteiger partial charge in [0.15, 0.2) is 0 Å². The number of amidine groups is 1.